The number of amides is 3. The van der Waals surface area contributed by atoms with Crippen molar-refractivity contribution in [3.63, 3.8) is 0 Å². The van der Waals surface area contributed by atoms with Crippen molar-refractivity contribution in [1.29, 1.82) is 0 Å². The Labute approximate surface area is 115 Å². The second kappa shape index (κ2) is 4.56. The molecule has 1 fully saturated rings. The first-order valence-electron chi connectivity index (χ1n) is 6.35. The first-order valence-corrected chi connectivity index (χ1v) is 6.35. The lowest BCUT2D eigenvalue weighted by atomic mass is 10.0. The zero-order chi connectivity index (χ0) is 14.3. The molecule has 1 N–H and O–H groups in total. The number of carbonyl (C=O) groups is 3. The lowest BCUT2D eigenvalue weighted by molar-refractivity contribution is -0.136. The number of rotatable bonds is 2. The summed E-state index contributed by atoms with van der Waals surface area (Å²) in [4.78, 5) is 40.9. The molecule has 0 radical (unpaired) electrons. The number of aliphatic imine (C=N–C) groups is 1. The molecule has 6 nitrogen and oxygen atoms in total. The maximum Gasteiger partial charge on any atom is 0.255 e. The number of piperidine rings is 1. The zero-order valence-corrected chi connectivity index (χ0v) is 10.8. The Morgan fingerprint density at radius 1 is 1.30 bits per heavy atom. The number of hydrogen-bond acceptors (Lipinski definition) is 4. The molecule has 1 aromatic carbocycles. The van der Waals surface area contributed by atoms with Gasteiger partial charge in [-0.15, -0.1) is 0 Å². The van der Waals surface area contributed by atoms with Crippen LogP contribution in [0.3, 0.4) is 0 Å². The molecule has 3 rings (SSSR count). The first-order chi connectivity index (χ1) is 9.61. The predicted octanol–water partition coefficient (Wildman–Crippen LogP) is 0.780. The lowest BCUT2D eigenvalue weighted by Crippen LogP contribution is -2.52. The van der Waals surface area contributed by atoms with Crippen molar-refractivity contribution >= 4 is 30.1 Å². The summed E-state index contributed by atoms with van der Waals surface area (Å²) in [5, 5.41) is 2.27. The van der Waals surface area contributed by atoms with Crippen LogP contribution in [0, 0.1) is 0 Å². The summed E-state index contributed by atoms with van der Waals surface area (Å²) >= 11 is 0. The Morgan fingerprint density at radius 3 is 2.80 bits per heavy atom. The normalized spacial score (nSPS) is 21.7. The second-order valence-electron chi connectivity index (χ2n) is 4.86. The van der Waals surface area contributed by atoms with Crippen LogP contribution in [0.5, 0.6) is 0 Å². The van der Waals surface area contributed by atoms with Crippen LogP contribution in [0.2, 0.25) is 0 Å². The van der Waals surface area contributed by atoms with Crippen molar-refractivity contribution in [3.8, 4) is 0 Å². The summed E-state index contributed by atoms with van der Waals surface area (Å²) in [6.45, 7) is 3.82. The molecule has 2 aliphatic heterocycles. The summed E-state index contributed by atoms with van der Waals surface area (Å²) in [6, 6.07) is 4.66. The van der Waals surface area contributed by atoms with Gasteiger partial charge in [0.25, 0.3) is 5.91 Å². The minimum Gasteiger partial charge on any atom is -0.322 e. The van der Waals surface area contributed by atoms with E-state index in [9.17, 15) is 14.4 Å². The van der Waals surface area contributed by atoms with Crippen molar-refractivity contribution in [2.45, 2.75) is 25.4 Å². The van der Waals surface area contributed by atoms with Gasteiger partial charge in [-0.25, -0.2) is 0 Å². The number of nitrogens with zero attached hydrogens (tertiary/aromatic N) is 2. The van der Waals surface area contributed by atoms with Gasteiger partial charge in [0.1, 0.15) is 6.04 Å². The van der Waals surface area contributed by atoms with Crippen molar-refractivity contribution in [1.82, 2.24) is 10.2 Å². The van der Waals surface area contributed by atoms with E-state index in [1.165, 1.54) is 4.90 Å². The minimum atomic E-state index is -0.592. The number of nitrogens with one attached hydrogen (secondary N) is 1. The molecule has 3 amide bonds. The van der Waals surface area contributed by atoms with Crippen LogP contribution in [-0.4, -0.2) is 35.4 Å². The number of carbonyl (C=O) groups excluding carboxylic acids is 3. The van der Waals surface area contributed by atoms with Crippen LogP contribution in [-0.2, 0) is 16.1 Å². The standard InChI is InChI=1S/C14H13N3O3/c1-15-10-4-2-3-8-9(10)7-17(14(8)20)11-5-6-12(18)16-13(11)19/h2-4,11H,1,5-7H2,(H,16,18,19). The Balaban J connectivity index is 1.92. The Bertz CT molecular complexity index is 639. The molecule has 20 heavy (non-hydrogen) atoms. The summed E-state index contributed by atoms with van der Waals surface area (Å²) in [5.41, 5.74) is 2.00. The fraction of sp³-hybridized carbons (Fsp3) is 0.286. The Hall–Kier alpha value is -2.50. The lowest BCUT2D eigenvalue weighted by Gasteiger charge is -2.29. The molecule has 1 unspecified atom stereocenters. The molecule has 1 saturated heterocycles. The van der Waals surface area contributed by atoms with Gasteiger partial charge >= 0.3 is 0 Å². The fourth-order valence-electron chi connectivity index (χ4n) is 2.72. The van der Waals surface area contributed by atoms with Crippen LogP contribution in [0.25, 0.3) is 0 Å². The molecule has 2 aliphatic rings. The summed E-state index contributed by atoms with van der Waals surface area (Å²) < 4.78 is 0. The molecule has 0 spiro atoms. The van der Waals surface area contributed by atoms with E-state index in [2.05, 4.69) is 17.0 Å². The third kappa shape index (κ3) is 1.80. The largest absolute Gasteiger partial charge is 0.322 e. The molecule has 102 valence electrons. The van der Waals surface area contributed by atoms with Crippen LogP contribution in [0.15, 0.2) is 23.2 Å². The van der Waals surface area contributed by atoms with E-state index in [0.29, 0.717) is 24.2 Å². The molecule has 0 bridgehead atoms. The van der Waals surface area contributed by atoms with Crippen molar-refractivity contribution in [3.05, 3.63) is 29.3 Å². The summed E-state index contributed by atoms with van der Waals surface area (Å²) in [7, 11) is 0. The van der Waals surface area contributed by atoms with E-state index in [1.54, 1.807) is 18.2 Å². The zero-order valence-electron chi connectivity index (χ0n) is 10.8. The smallest absolute Gasteiger partial charge is 0.255 e. The molecule has 0 saturated carbocycles. The number of imide groups is 1. The van der Waals surface area contributed by atoms with Gasteiger partial charge in [-0.2, -0.15) is 0 Å². The minimum absolute atomic E-state index is 0.194. The molecule has 6 heteroatoms. The highest BCUT2D eigenvalue weighted by Crippen LogP contribution is 2.33. The Morgan fingerprint density at radius 2 is 2.10 bits per heavy atom. The van der Waals surface area contributed by atoms with E-state index >= 15 is 0 Å². The number of hydrogen-bond donors (Lipinski definition) is 1. The maximum absolute atomic E-state index is 12.4. The van der Waals surface area contributed by atoms with E-state index in [-0.39, 0.29) is 18.2 Å². The third-order valence-electron chi connectivity index (χ3n) is 3.73. The van der Waals surface area contributed by atoms with E-state index in [4.69, 9.17) is 0 Å². The summed E-state index contributed by atoms with van der Waals surface area (Å²) in [5.74, 6) is -0.889. The highest BCUT2D eigenvalue weighted by Gasteiger charge is 2.39. The molecule has 0 aromatic heterocycles. The van der Waals surface area contributed by atoms with Crippen LogP contribution < -0.4 is 5.32 Å². The monoisotopic (exact) mass is 271 g/mol. The topological polar surface area (TPSA) is 78.8 Å². The van der Waals surface area contributed by atoms with Gasteiger partial charge in [0.2, 0.25) is 11.8 Å². The van der Waals surface area contributed by atoms with Gasteiger partial charge in [-0.3, -0.25) is 24.7 Å². The molecule has 2 heterocycles. The predicted molar refractivity (Wildman–Crippen MR) is 71.7 cm³/mol. The van der Waals surface area contributed by atoms with Gasteiger partial charge in [0.05, 0.1) is 5.69 Å². The molecule has 0 aliphatic carbocycles. The highest BCUT2D eigenvalue weighted by atomic mass is 16.2. The van der Waals surface area contributed by atoms with Gasteiger partial charge in [-0.05, 0) is 25.3 Å². The van der Waals surface area contributed by atoms with Crippen molar-refractivity contribution in [2.75, 3.05) is 0 Å². The second-order valence-corrected chi connectivity index (χ2v) is 4.86. The SMILES string of the molecule is C=Nc1cccc2c1CN(C1CCC(=O)NC1=O)C2=O. The van der Waals surface area contributed by atoms with Gasteiger partial charge in [0.15, 0.2) is 0 Å². The fourth-order valence-corrected chi connectivity index (χ4v) is 2.72. The van der Waals surface area contributed by atoms with Crippen LogP contribution in [0.1, 0.15) is 28.8 Å². The summed E-state index contributed by atoms with van der Waals surface area (Å²) in [6.07, 6.45) is 0.615. The maximum atomic E-state index is 12.4. The Kier molecular flexibility index (Phi) is 2.85. The highest BCUT2D eigenvalue weighted by molar-refractivity contribution is 6.06. The van der Waals surface area contributed by atoms with Crippen molar-refractivity contribution < 1.29 is 14.4 Å². The van der Waals surface area contributed by atoms with Gasteiger partial charge in [-0.1, -0.05) is 6.07 Å². The average molecular weight is 271 g/mol. The van der Waals surface area contributed by atoms with E-state index < -0.39 is 11.9 Å². The molecular formula is C14H13N3O3. The number of fused-ring (bicyclic) bond motifs is 1. The third-order valence-corrected chi connectivity index (χ3v) is 3.73. The van der Waals surface area contributed by atoms with Gasteiger partial charge < -0.3 is 4.90 Å². The number of benzene rings is 1. The van der Waals surface area contributed by atoms with E-state index in [1.807, 2.05) is 0 Å². The average Bonchev–Trinajstić information content (AvgIpc) is 2.76. The first kappa shape index (κ1) is 12.5. The quantitative estimate of drug-likeness (QED) is 0.637. The van der Waals surface area contributed by atoms with Crippen LogP contribution >= 0.6 is 0 Å². The molecule has 1 atom stereocenters. The van der Waals surface area contributed by atoms with Crippen LogP contribution in [0.4, 0.5) is 5.69 Å². The van der Waals surface area contributed by atoms with Crippen molar-refractivity contribution in [2.24, 2.45) is 4.99 Å². The van der Waals surface area contributed by atoms with Gasteiger partial charge in [0, 0.05) is 24.1 Å². The van der Waals surface area contributed by atoms with E-state index in [0.717, 1.165) is 5.56 Å². The molecular weight excluding hydrogens is 258 g/mol. The molecule has 1 aromatic rings.